The van der Waals surface area contributed by atoms with Gasteiger partial charge < -0.3 is 20.9 Å². The minimum atomic E-state index is -0.593. The maximum atomic E-state index is 12.5. The summed E-state index contributed by atoms with van der Waals surface area (Å²) in [4.78, 5) is 24.1. The van der Waals surface area contributed by atoms with E-state index in [0.717, 1.165) is 22.5 Å². The van der Waals surface area contributed by atoms with Crippen LogP contribution >= 0.6 is 23.4 Å². The van der Waals surface area contributed by atoms with Crippen LogP contribution in [0, 0.1) is 6.92 Å². The van der Waals surface area contributed by atoms with Crippen LogP contribution in [-0.4, -0.2) is 52.4 Å². The second kappa shape index (κ2) is 11.7. The van der Waals surface area contributed by atoms with Crippen LogP contribution in [0.3, 0.4) is 0 Å². The van der Waals surface area contributed by atoms with Crippen molar-refractivity contribution in [2.24, 2.45) is 0 Å². The predicted octanol–water partition coefficient (Wildman–Crippen LogP) is 6.57. The molecule has 5 rings (SSSR count). The number of fused-ring (bicyclic) bond motifs is 1. The highest BCUT2D eigenvalue weighted by atomic mass is 35.5. The molecule has 0 radical (unpaired) electrons. The van der Waals surface area contributed by atoms with E-state index in [2.05, 4.69) is 62.2 Å². The number of halogens is 1. The number of aryl methyl sites for hydroxylation is 1. The molecule has 2 aromatic carbocycles. The van der Waals surface area contributed by atoms with Crippen molar-refractivity contribution < 1.29 is 4.79 Å². The Labute approximate surface area is 240 Å². The topological polar surface area (TPSA) is 82.2 Å². The SMILES string of the molecule is CSCCN1CCC(c2ccc(Nc3ncc(Cl)c(NCc4cccc5c4C(C)(C)C(=O)N5)n3)c(C)c2)CC1. The molecule has 2 aliphatic rings. The highest BCUT2D eigenvalue weighted by Crippen LogP contribution is 2.40. The standard InChI is InChI=1S/C30H37ClN6OS/c1-19-16-21(20-10-12-37(13-11-20)14-15-39-4)8-9-24(19)35-29-33-18-23(31)27(36-29)32-17-22-6-5-7-25-26(22)30(2,3)28(38)34-25/h5-9,16,18,20H,10-15,17H2,1-4H3,(H,34,38)(H2,32,33,35,36). The van der Waals surface area contributed by atoms with Crippen molar-refractivity contribution in [1.82, 2.24) is 14.9 Å². The lowest BCUT2D eigenvalue weighted by atomic mass is 9.83. The van der Waals surface area contributed by atoms with E-state index in [1.807, 2.05) is 43.8 Å². The maximum absolute atomic E-state index is 12.5. The third kappa shape index (κ3) is 6.03. The van der Waals surface area contributed by atoms with Gasteiger partial charge in [-0.1, -0.05) is 35.9 Å². The molecular weight excluding hydrogens is 528 g/mol. The van der Waals surface area contributed by atoms with Gasteiger partial charge in [-0.25, -0.2) is 4.98 Å². The van der Waals surface area contributed by atoms with Crippen molar-refractivity contribution in [3.63, 3.8) is 0 Å². The van der Waals surface area contributed by atoms with E-state index < -0.39 is 5.41 Å². The highest BCUT2D eigenvalue weighted by molar-refractivity contribution is 7.98. The number of anilines is 4. The number of amides is 1. The Morgan fingerprint density at radius 3 is 2.74 bits per heavy atom. The van der Waals surface area contributed by atoms with Crippen molar-refractivity contribution in [3.05, 3.63) is 69.9 Å². The molecule has 1 fully saturated rings. The summed E-state index contributed by atoms with van der Waals surface area (Å²) < 4.78 is 0. The van der Waals surface area contributed by atoms with Crippen LogP contribution in [-0.2, 0) is 16.8 Å². The minimum Gasteiger partial charge on any atom is -0.365 e. The summed E-state index contributed by atoms with van der Waals surface area (Å²) in [6.45, 7) is 10.0. The van der Waals surface area contributed by atoms with Crippen LogP contribution in [0.4, 0.5) is 23.1 Å². The van der Waals surface area contributed by atoms with E-state index in [4.69, 9.17) is 11.6 Å². The Bertz CT molecular complexity index is 1360. The second-order valence-corrected chi connectivity index (χ2v) is 12.4. The molecule has 0 unspecified atom stereocenters. The predicted molar refractivity (Wildman–Crippen MR) is 164 cm³/mol. The molecule has 39 heavy (non-hydrogen) atoms. The molecule has 9 heteroatoms. The van der Waals surface area contributed by atoms with Gasteiger partial charge in [0.2, 0.25) is 11.9 Å². The number of nitrogens with zero attached hydrogens (tertiary/aromatic N) is 3. The molecular formula is C30H37ClN6OS. The normalized spacial score (nSPS) is 17.1. The van der Waals surface area contributed by atoms with Gasteiger partial charge in [0, 0.05) is 30.2 Å². The first-order chi connectivity index (χ1) is 18.8. The van der Waals surface area contributed by atoms with Crippen LogP contribution in [0.25, 0.3) is 0 Å². The van der Waals surface area contributed by atoms with Gasteiger partial charge in [0.25, 0.3) is 0 Å². The molecule has 1 aromatic heterocycles. The fraction of sp³-hybridized carbons (Fsp3) is 0.433. The molecule has 7 nitrogen and oxygen atoms in total. The average molecular weight is 565 g/mol. The van der Waals surface area contributed by atoms with Crippen molar-refractivity contribution in [3.8, 4) is 0 Å². The van der Waals surface area contributed by atoms with Gasteiger partial charge in [0.05, 0.1) is 11.6 Å². The third-order valence-electron chi connectivity index (χ3n) is 7.95. The Morgan fingerprint density at radius 2 is 2.00 bits per heavy atom. The number of nitrogens with one attached hydrogen (secondary N) is 3. The lowest BCUT2D eigenvalue weighted by molar-refractivity contribution is -0.119. The number of thioether (sulfide) groups is 1. The minimum absolute atomic E-state index is 0.00881. The van der Waals surface area contributed by atoms with Gasteiger partial charge in [-0.15, -0.1) is 0 Å². The molecule has 0 bridgehead atoms. The van der Waals surface area contributed by atoms with Gasteiger partial charge in [-0.2, -0.15) is 16.7 Å². The first kappa shape index (κ1) is 27.7. The van der Waals surface area contributed by atoms with Crippen LogP contribution < -0.4 is 16.0 Å². The Kier molecular flexibility index (Phi) is 8.35. The van der Waals surface area contributed by atoms with Crippen LogP contribution in [0.5, 0.6) is 0 Å². The first-order valence-corrected chi connectivity index (χ1v) is 15.3. The molecule has 3 aromatic rings. The molecule has 0 atom stereocenters. The average Bonchev–Trinajstić information content (AvgIpc) is 3.17. The fourth-order valence-electron chi connectivity index (χ4n) is 5.62. The Balaban J connectivity index is 1.25. The van der Waals surface area contributed by atoms with Gasteiger partial charge >= 0.3 is 0 Å². The summed E-state index contributed by atoms with van der Waals surface area (Å²) in [6.07, 6.45) is 6.21. The summed E-state index contributed by atoms with van der Waals surface area (Å²) in [5, 5.41) is 10.2. The fourth-order valence-corrected chi connectivity index (χ4v) is 6.22. The van der Waals surface area contributed by atoms with Crippen LogP contribution in [0.1, 0.15) is 54.9 Å². The van der Waals surface area contributed by atoms with E-state index in [1.54, 1.807) is 6.20 Å². The number of hydrogen-bond acceptors (Lipinski definition) is 7. The van der Waals surface area contributed by atoms with Crippen molar-refractivity contribution in [2.75, 3.05) is 47.6 Å². The van der Waals surface area contributed by atoms with E-state index in [-0.39, 0.29) is 5.91 Å². The molecule has 0 spiro atoms. The number of carbonyl (C=O) groups excluding carboxylic acids is 1. The van der Waals surface area contributed by atoms with Crippen molar-refractivity contribution >= 4 is 52.4 Å². The smallest absolute Gasteiger partial charge is 0.234 e. The molecule has 3 heterocycles. The lowest BCUT2D eigenvalue weighted by Gasteiger charge is -2.32. The number of benzene rings is 2. The maximum Gasteiger partial charge on any atom is 0.234 e. The summed E-state index contributed by atoms with van der Waals surface area (Å²) in [5.74, 6) is 2.86. The largest absolute Gasteiger partial charge is 0.365 e. The first-order valence-electron chi connectivity index (χ1n) is 13.6. The molecule has 1 amide bonds. The lowest BCUT2D eigenvalue weighted by Crippen LogP contribution is -2.34. The summed E-state index contributed by atoms with van der Waals surface area (Å²) in [7, 11) is 0. The van der Waals surface area contributed by atoms with Crippen molar-refractivity contribution in [1.29, 1.82) is 0 Å². The van der Waals surface area contributed by atoms with E-state index >= 15 is 0 Å². The second-order valence-electron chi connectivity index (χ2n) is 11.0. The molecule has 2 aliphatic heterocycles. The number of likely N-dealkylation sites (tertiary alicyclic amines) is 1. The number of hydrogen-bond donors (Lipinski definition) is 3. The zero-order valence-electron chi connectivity index (χ0n) is 23.1. The highest BCUT2D eigenvalue weighted by Gasteiger charge is 2.39. The van der Waals surface area contributed by atoms with Crippen molar-refractivity contribution in [2.45, 2.75) is 51.5 Å². The van der Waals surface area contributed by atoms with Crippen LogP contribution in [0.15, 0.2) is 42.6 Å². The Morgan fingerprint density at radius 1 is 1.21 bits per heavy atom. The molecule has 0 aliphatic carbocycles. The summed E-state index contributed by atoms with van der Waals surface area (Å²) in [6, 6.07) is 12.6. The number of carbonyl (C=O) groups is 1. The third-order valence-corrected chi connectivity index (χ3v) is 8.82. The molecule has 3 N–H and O–H groups in total. The van der Waals surface area contributed by atoms with E-state index in [9.17, 15) is 4.79 Å². The summed E-state index contributed by atoms with van der Waals surface area (Å²) in [5.41, 5.74) is 5.87. The van der Waals surface area contributed by atoms with E-state index in [1.165, 1.54) is 49.4 Å². The number of aromatic nitrogens is 2. The molecule has 0 saturated carbocycles. The summed E-state index contributed by atoms with van der Waals surface area (Å²) >= 11 is 8.37. The van der Waals surface area contributed by atoms with Gasteiger partial charge in [0.15, 0.2) is 5.82 Å². The Hall–Kier alpha value is -2.81. The monoisotopic (exact) mass is 564 g/mol. The van der Waals surface area contributed by atoms with Gasteiger partial charge in [0.1, 0.15) is 5.02 Å². The zero-order valence-corrected chi connectivity index (χ0v) is 24.7. The number of piperidine rings is 1. The van der Waals surface area contributed by atoms with Crippen LogP contribution in [0.2, 0.25) is 5.02 Å². The van der Waals surface area contributed by atoms with Gasteiger partial charge in [-0.3, -0.25) is 4.79 Å². The zero-order chi connectivity index (χ0) is 27.6. The molecule has 206 valence electrons. The quantitative estimate of drug-likeness (QED) is 0.271. The molecule has 1 saturated heterocycles. The number of rotatable bonds is 9. The van der Waals surface area contributed by atoms with E-state index in [0.29, 0.717) is 29.3 Å². The van der Waals surface area contributed by atoms with Gasteiger partial charge in [-0.05, 0) is 93.3 Å².